The smallest absolute Gasteiger partial charge is 0.230 e. The van der Waals surface area contributed by atoms with E-state index in [0.29, 0.717) is 13.0 Å². The Morgan fingerprint density at radius 2 is 2.11 bits per heavy atom. The second-order valence-corrected chi connectivity index (χ2v) is 5.91. The van der Waals surface area contributed by atoms with Crippen LogP contribution in [0.5, 0.6) is 0 Å². The van der Waals surface area contributed by atoms with E-state index in [1.807, 2.05) is 6.92 Å². The maximum Gasteiger partial charge on any atom is 0.230 e. The molecule has 1 aromatic heterocycles. The predicted molar refractivity (Wildman–Crippen MR) is 80.7 cm³/mol. The molecular weight excluding hydrogens is 264 g/mol. The number of rotatable bonds is 7. The minimum absolute atomic E-state index is 0.0594. The maximum absolute atomic E-state index is 12.0. The molecule has 3 nitrogen and oxygen atoms in total. The standard InChI is InChI=1S/C13H20N2OS2/c1-3-5-11(12(14)17)13(16)15-8-10-7-6-9(4-2)18-10/h6-7,11H,3-5,8H2,1-2H3,(H2,14,17)(H,15,16). The molecule has 3 N–H and O–H groups in total. The summed E-state index contributed by atoms with van der Waals surface area (Å²) in [4.78, 5) is 14.7. The van der Waals surface area contributed by atoms with Gasteiger partial charge in [0.1, 0.15) is 0 Å². The minimum Gasteiger partial charge on any atom is -0.393 e. The van der Waals surface area contributed by atoms with E-state index >= 15 is 0 Å². The highest BCUT2D eigenvalue weighted by Crippen LogP contribution is 2.17. The Bertz CT molecular complexity index is 415. The highest BCUT2D eigenvalue weighted by molar-refractivity contribution is 7.80. The normalized spacial score (nSPS) is 12.1. The molecule has 0 aromatic carbocycles. The fourth-order valence-corrected chi connectivity index (χ4v) is 2.82. The fraction of sp³-hybridized carbons (Fsp3) is 0.538. The lowest BCUT2D eigenvalue weighted by atomic mass is 10.0. The highest BCUT2D eigenvalue weighted by Gasteiger charge is 2.19. The zero-order chi connectivity index (χ0) is 13.5. The second kappa shape index (κ2) is 7.48. The summed E-state index contributed by atoms with van der Waals surface area (Å²) >= 11 is 6.66. The first kappa shape index (κ1) is 15.1. The zero-order valence-corrected chi connectivity index (χ0v) is 12.5. The molecule has 1 aromatic rings. The van der Waals surface area contributed by atoms with Crippen molar-refractivity contribution in [3.8, 4) is 0 Å². The van der Waals surface area contributed by atoms with Gasteiger partial charge in [0.05, 0.1) is 17.5 Å². The highest BCUT2D eigenvalue weighted by atomic mass is 32.1. The Balaban J connectivity index is 2.50. The Labute approximate surface area is 118 Å². The SMILES string of the molecule is CCCC(C(=O)NCc1ccc(CC)s1)C(N)=S. The van der Waals surface area contributed by atoms with Crippen molar-refractivity contribution in [2.75, 3.05) is 0 Å². The molecule has 1 heterocycles. The van der Waals surface area contributed by atoms with Crippen molar-refractivity contribution < 1.29 is 4.79 Å². The van der Waals surface area contributed by atoms with Crippen LogP contribution in [-0.2, 0) is 17.8 Å². The van der Waals surface area contributed by atoms with Crippen molar-refractivity contribution in [1.29, 1.82) is 0 Å². The van der Waals surface area contributed by atoms with Crippen LogP contribution < -0.4 is 11.1 Å². The van der Waals surface area contributed by atoms with Gasteiger partial charge < -0.3 is 11.1 Å². The first-order valence-corrected chi connectivity index (χ1v) is 7.45. The number of thiophene rings is 1. The molecule has 0 saturated heterocycles. The van der Waals surface area contributed by atoms with Crippen LogP contribution >= 0.6 is 23.6 Å². The maximum atomic E-state index is 12.0. The molecule has 0 bridgehead atoms. The number of amides is 1. The summed E-state index contributed by atoms with van der Waals surface area (Å²) in [5.41, 5.74) is 5.59. The first-order chi connectivity index (χ1) is 8.58. The van der Waals surface area contributed by atoms with Crippen molar-refractivity contribution in [3.05, 3.63) is 21.9 Å². The van der Waals surface area contributed by atoms with Gasteiger partial charge in [-0.05, 0) is 25.0 Å². The zero-order valence-electron chi connectivity index (χ0n) is 10.9. The van der Waals surface area contributed by atoms with Crippen LogP contribution in [0.3, 0.4) is 0 Å². The molecular formula is C13H20N2OS2. The van der Waals surface area contributed by atoms with Crippen molar-refractivity contribution in [1.82, 2.24) is 5.32 Å². The number of carbonyl (C=O) groups excluding carboxylic acids is 1. The molecule has 1 amide bonds. The number of nitrogens with two attached hydrogens (primary N) is 1. The molecule has 0 fully saturated rings. The summed E-state index contributed by atoms with van der Waals surface area (Å²) in [5.74, 6) is -0.397. The summed E-state index contributed by atoms with van der Waals surface area (Å²) in [7, 11) is 0. The third-order valence-electron chi connectivity index (χ3n) is 2.74. The van der Waals surface area contributed by atoms with Crippen LogP contribution in [0.25, 0.3) is 0 Å². The van der Waals surface area contributed by atoms with E-state index in [-0.39, 0.29) is 16.8 Å². The van der Waals surface area contributed by atoms with Crippen LogP contribution in [0.2, 0.25) is 0 Å². The van der Waals surface area contributed by atoms with Crippen LogP contribution in [0.1, 0.15) is 36.4 Å². The topological polar surface area (TPSA) is 55.1 Å². The van der Waals surface area contributed by atoms with Gasteiger partial charge in [-0.25, -0.2) is 0 Å². The van der Waals surface area contributed by atoms with Gasteiger partial charge in [-0.15, -0.1) is 11.3 Å². The largest absolute Gasteiger partial charge is 0.393 e. The third kappa shape index (κ3) is 4.38. The average molecular weight is 284 g/mol. The summed E-state index contributed by atoms with van der Waals surface area (Å²) in [6.07, 6.45) is 2.64. The number of carbonyl (C=O) groups is 1. The van der Waals surface area contributed by atoms with E-state index < -0.39 is 0 Å². The molecule has 1 unspecified atom stereocenters. The van der Waals surface area contributed by atoms with Gasteiger partial charge in [0.15, 0.2) is 0 Å². The van der Waals surface area contributed by atoms with Crippen molar-refractivity contribution in [2.24, 2.45) is 11.7 Å². The van der Waals surface area contributed by atoms with E-state index in [1.165, 1.54) is 9.75 Å². The molecule has 1 rings (SSSR count). The minimum atomic E-state index is -0.337. The molecule has 0 aliphatic heterocycles. The van der Waals surface area contributed by atoms with Gasteiger partial charge in [-0.1, -0.05) is 32.5 Å². The molecule has 5 heteroatoms. The summed E-state index contributed by atoms with van der Waals surface area (Å²) in [6.45, 7) is 4.70. The number of hydrogen-bond donors (Lipinski definition) is 2. The molecule has 0 spiro atoms. The van der Waals surface area contributed by atoms with Gasteiger partial charge in [-0.2, -0.15) is 0 Å². The molecule has 0 aliphatic rings. The lowest BCUT2D eigenvalue weighted by molar-refractivity contribution is -0.123. The Hall–Kier alpha value is -0.940. The molecule has 0 aliphatic carbocycles. The molecule has 0 saturated carbocycles. The number of nitrogens with one attached hydrogen (secondary N) is 1. The van der Waals surface area contributed by atoms with Crippen molar-refractivity contribution in [3.63, 3.8) is 0 Å². The van der Waals surface area contributed by atoms with Gasteiger partial charge in [0.2, 0.25) is 5.91 Å². The van der Waals surface area contributed by atoms with Crippen LogP contribution in [-0.4, -0.2) is 10.9 Å². The first-order valence-electron chi connectivity index (χ1n) is 6.23. The van der Waals surface area contributed by atoms with Crippen molar-refractivity contribution in [2.45, 2.75) is 39.7 Å². The average Bonchev–Trinajstić information content (AvgIpc) is 2.80. The second-order valence-electron chi connectivity index (χ2n) is 4.18. The molecule has 100 valence electrons. The monoisotopic (exact) mass is 284 g/mol. The van der Waals surface area contributed by atoms with E-state index in [9.17, 15) is 4.79 Å². The Kier molecular flexibility index (Phi) is 6.29. The van der Waals surface area contributed by atoms with E-state index in [4.69, 9.17) is 18.0 Å². The van der Waals surface area contributed by atoms with E-state index in [0.717, 1.165) is 12.8 Å². The van der Waals surface area contributed by atoms with Gasteiger partial charge >= 0.3 is 0 Å². The van der Waals surface area contributed by atoms with Gasteiger partial charge in [0, 0.05) is 9.75 Å². The van der Waals surface area contributed by atoms with Gasteiger partial charge in [-0.3, -0.25) is 4.79 Å². The van der Waals surface area contributed by atoms with Gasteiger partial charge in [0.25, 0.3) is 0 Å². The van der Waals surface area contributed by atoms with Crippen molar-refractivity contribution >= 4 is 34.5 Å². The molecule has 18 heavy (non-hydrogen) atoms. The summed E-state index contributed by atoms with van der Waals surface area (Å²) < 4.78 is 0. The fourth-order valence-electron chi connectivity index (χ4n) is 1.70. The number of thiocarbonyl (C=S) groups is 1. The lowest BCUT2D eigenvalue weighted by Gasteiger charge is -2.14. The van der Waals surface area contributed by atoms with E-state index in [1.54, 1.807) is 11.3 Å². The third-order valence-corrected chi connectivity index (χ3v) is 4.25. The molecule has 1 atom stereocenters. The Morgan fingerprint density at radius 1 is 1.44 bits per heavy atom. The predicted octanol–water partition coefficient (Wildman–Crippen LogP) is 2.63. The number of aryl methyl sites for hydroxylation is 1. The van der Waals surface area contributed by atoms with Crippen LogP contribution in [0, 0.1) is 5.92 Å². The van der Waals surface area contributed by atoms with Crippen LogP contribution in [0.4, 0.5) is 0 Å². The summed E-state index contributed by atoms with van der Waals surface area (Å²) in [5, 5.41) is 2.91. The van der Waals surface area contributed by atoms with Crippen LogP contribution in [0.15, 0.2) is 12.1 Å². The van der Waals surface area contributed by atoms with E-state index in [2.05, 4.69) is 24.4 Å². The Morgan fingerprint density at radius 3 is 2.61 bits per heavy atom. The summed E-state index contributed by atoms with van der Waals surface area (Å²) in [6, 6.07) is 4.16. The lowest BCUT2D eigenvalue weighted by Crippen LogP contribution is -2.37. The number of hydrogen-bond acceptors (Lipinski definition) is 3. The quantitative estimate of drug-likeness (QED) is 0.757. The molecule has 0 radical (unpaired) electrons.